The van der Waals surface area contributed by atoms with Crippen LogP contribution in [-0.2, 0) is 9.84 Å². The van der Waals surface area contributed by atoms with Gasteiger partial charge in [0.2, 0.25) is 0 Å². The first-order valence-corrected chi connectivity index (χ1v) is 9.85. The van der Waals surface area contributed by atoms with E-state index in [1.54, 1.807) is 39.1 Å². The Hall–Kier alpha value is -1.14. The van der Waals surface area contributed by atoms with Crippen molar-refractivity contribution in [3.05, 3.63) is 18.3 Å². The molecular formula is C17H29N3O2S. The normalized spacial score (nSPS) is 20.4. The third kappa shape index (κ3) is 4.67. The molecule has 1 atom stereocenters. The molecule has 0 aliphatic carbocycles. The highest BCUT2D eigenvalue weighted by Gasteiger charge is 2.31. The Morgan fingerprint density at radius 2 is 2.09 bits per heavy atom. The van der Waals surface area contributed by atoms with Gasteiger partial charge in [-0.3, -0.25) is 0 Å². The van der Waals surface area contributed by atoms with E-state index in [-0.39, 0.29) is 5.03 Å². The summed E-state index contributed by atoms with van der Waals surface area (Å²) < 4.78 is 23.8. The van der Waals surface area contributed by atoms with Crippen LogP contribution in [0.15, 0.2) is 23.4 Å². The number of hydrogen-bond donors (Lipinski definition) is 1. The second kappa shape index (κ2) is 7.18. The fourth-order valence-electron chi connectivity index (χ4n) is 2.81. The van der Waals surface area contributed by atoms with Crippen LogP contribution in [0.2, 0.25) is 0 Å². The number of likely N-dealkylation sites (tertiary alicyclic amines) is 1. The van der Waals surface area contributed by atoms with E-state index in [2.05, 4.69) is 22.1 Å². The first-order valence-electron chi connectivity index (χ1n) is 8.37. The topological polar surface area (TPSA) is 62.3 Å². The molecule has 6 heteroatoms. The summed E-state index contributed by atoms with van der Waals surface area (Å²) in [4.78, 5) is 6.61. The van der Waals surface area contributed by atoms with E-state index in [0.29, 0.717) is 0 Å². The molecule has 0 saturated carbocycles. The number of aromatic nitrogens is 1. The zero-order chi connectivity index (χ0) is 17.1. The van der Waals surface area contributed by atoms with Crippen molar-refractivity contribution in [3.8, 4) is 0 Å². The number of anilines is 1. The molecule has 1 aliphatic rings. The highest BCUT2D eigenvalue weighted by atomic mass is 32.2. The van der Waals surface area contributed by atoms with E-state index in [1.807, 2.05) is 0 Å². The molecule has 0 aromatic carbocycles. The molecule has 1 fully saturated rings. The minimum atomic E-state index is -3.38. The average Bonchev–Trinajstić information content (AvgIpc) is 2.47. The van der Waals surface area contributed by atoms with Crippen molar-refractivity contribution in [1.82, 2.24) is 9.88 Å². The molecule has 1 aromatic heterocycles. The fraction of sp³-hybridized carbons (Fsp3) is 0.706. The van der Waals surface area contributed by atoms with Gasteiger partial charge in [0, 0.05) is 19.6 Å². The zero-order valence-electron chi connectivity index (χ0n) is 14.7. The lowest BCUT2D eigenvalue weighted by Gasteiger charge is -2.30. The van der Waals surface area contributed by atoms with Crippen LogP contribution >= 0.6 is 0 Å². The van der Waals surface area contributed by atoms with E-state index in [4.69, 9.17) is 0 Å². The van der Waals surface area contributed by atoms with Crippen LogP contribution in [0.4, 0.5) is 5.69 Å². The lowest BCUT2D eigenvalue weighted by molar-refractivity contribution is 0.190. The van der Waals surface area contributed by atoms with Gasteiger partial charge in [-0.25, -0.2) is 13.4 Å². The first kappa shape index (κ1) is 18.2. The van der Waals surface area contributed by atoms with Crippen LogP contribution in [0.1, 0.15) is 40.5 Å². The number of sulfone groups is 1. The summed E-state index contributed by atoms with van der Waals surface area (Å²) in [5, 5.41) is 3.46. The molecule has 2 heterocycles. The third-order valence-corrected chi connectivity index (χ3v) is 6.72. The molecular weight excluding hydrogens is 310 g/mol. The molecule has 1 unspecified atom stereocenters. The van der Waals surface area contributed by atoms with Crippen molar-refractivity contribution in [2.75, 3.05) is 31.5 Å². The molecule has 1 N–H and O–H groups in total. The van der Waals surface area contributed by atoms with Crippen molar-refractivity contribution < 1.29 is 8.42 Å². The van der Waals surface area contributed by atoms with Crippen LogP contribution in [0.25, 0.3) is 0 Å². The minimum Gasteiger partial charge on any atom is -0.383 e. The number of pyridine rings is 1. The summed E-state index contributed by atoms with van der Waals surface area (Å²) in [7, 11) is -3.38. The van der Waals surface area contributed by atoms with Gasteiger partial charge >= 0.3 is 0 Å². The van der Waals surface area contributed by atoms with Gasteiger partial charge in [-0.1, -0.05) is 6.92 Å². The monoisotopic (exact) mass is 339 g/mol. The van der Waals surface area contributed by atoms with Crippen LogP contribution in [0.3, 0.4) is 0 Å². The lowest BCUT2D eigenvalue weighted by atomic mass is 10.0. The van der Waals surface area contributed by atoms with Gasteiger partial charge in [0.15, 0.2) is 14.9 Å². The highest BCUT2D eigenvalue weighted by Crippen LogP contribution is 2.23. The molecule has 0 spiro atoms. The third-order valence-electron chi connectivity index (χ3n) is 4.32. The van der Waals surface area contributed by atoms with E-state index in [9.17, 15) is 8.42 Å². The van der Waals surface area contributed by atoms with E-state index < -0.39 is 14.6 Å². The van der Waals surface area contributed by atoms with Gasteiger partial charge in [0.05, 0.1) is 16.6 Å². The quantitative estimate of drug-likeness (QED) is 0.894. The Bertz CT molecular complexity index is 606. The van der Waals surface area contributed by atoms with Gasteiger partial charge < -0.3 is 10.2 Å². The van der Waals surface area contributed by atoms with Crippen molar-refractivity contribution in [2.45, 2.75) is 50.3 Å². The van der Waals surface area contributed by atoms with Crippen molar-refractivity contribution in [2.24, 2.45) is 5.92 Å². The van der Waals surface area contributed by atoms with Crippen LogP contribution in [0, 0.1) is 5.92 Å². The molecule has 1 saturated heterocycles. The maximum atomic E-state index is 12.3. The average molecular weight is 340 g/mol. The molecule has 2 rings (SSSR count). The largest absolute Gasteiger partial charge is 0.383 e. The van der Waals surface area contributed by atoms with Gasteiger partial charge in [-0.2, -0.15) is 0 Å². The zero-order valence-corrected chi connectivity index (χ0v) is 15.5. The number of piperidine rings is 1. The number of nitrogens with one attached hydrogen (secondary N) is 1. The number of hydrogen-bond acceptors (Lipinski definition) is 5. The van der Waals surface area contributed by atoms with Gasteiger partial charge in [0.25, 0.3) is 0 Å². The Morgan fingerprint density at radius 3 is 2.65 bits per heavy atom. The van der Waals surface area contributed by atoms with Crippen molar-refractivity contribution in [3.63, 3.8) is 0 Å². The summed E-state index contributed by atoms with van der Waals surface area (Å²) in [6, 6.07) is 3.39. The van der Waals surface area contributed by atoms with Crippen molar-refractivity contribution >= 4 is 15.5 Å². The molecule has 130 valence electrons. The molecule has 1 aliphatic heterocycles. The van der Waals surface area contributed by atoms with Crippen molar-refractivity contribution in [1.29, 1.82) is 0 Å². The summed E-state index contributed by atoms with van der Waals surface area (Å²) in [5.41, 5.74) is 0.864. The molecule has 0 amide bonds. The Kier molecular flexibility index (Phi) is 5.68. The summed E-state index contributed by atoms with van der Waals surface area (Å²) in [6.07, 6.45) is 4.22. The second-order valence-electron chi connectivity index (χ2n) is 7.48. The molecule has 0 radical (unpaired) electrons. The second-order valence-corrected chi connectivity index (χ2v) is 10.1. The minimum absolute atomic E-state index is 0.139. The van der Waals surface area contributed by atoms with Crippen LogP contribution in [0.5, 0.6) is 0 Å². The first-order chi connectivity index (χ1) is 10.7. The summed E-state index contributed by atoms with van der Waals surface area (Å²) in [6.45, 7) is 11.6. The summed E-state index contributed by atoms with van der Waals surface area (Å²) >= 11 is 0. The van der Waals surface area contributed by atoms with Gasteiger partial charge in [0.1, 0.15) is 0 Å². The SMILES string of the molecule is CC1CCCN(CCNc2ccc(S(=O)(=O)C(C)(C)C)nc2)C1. The number of rotatable bonds is 5. The Morgan fingerprint density at radius 1 is 1.35 bits per heavy atom. The van der Waals surface area contributed by atoms with E-state index in [0.717, 1.165) is 24.7 Å². The fourth-order valence-corrected chi connectivity index (χ4v) is 3.87. The Labute approximate surface area is 140 Å². The smallest absolute Gasteiger partial charge is 0.200 e. The molecule has 0 bridgehead atoms. The molecule has 1 aromatic rings. The van der Waals surface area contributed by atoms with Gasteiger partial charge in [-0.15, -0.1) is 0 Å². The lowest BCUT2D eigenvalue weighted by Crippen LogP contribution is -2.37. The number of nitrogens with zero attached hydrogens (tertiary/aromatic N) is 2. The maximum absolute atomic E-state index is 12.3. The van der Waals surface area contributed by atoms with Gasteiger partial charge in [-0.05, 0) is 58.2 Å². The summed E-state index contributed by atoms with van der Waals surface area (Å²) in [5.74, 6) is 0.785. The van der Waals surface area contributed by atoms with E-state index >= 15 is 0 Å². The van der Waals surface area contributed by atoms with Crippen LogP contribution < -0.4 is 5.32 Å². The van der Waals surface area contributed by atoms with E-state index in [1.165, 1.54) is 25.9 Å². The molecule has 23 heavy (non-hydrogen) atoms. The highest BCUT2D eigenvalue weighted by molar-refractivity contribution is 7.92. The van der Waals surface area contributed by atoms with Crippen LogP contribution in [-0.4, -0.2) is 49.2 Å². The Balaban J connectivity index is 1.88. The predicted molar refractivity (Wildman–Crippen MR) is 94.5 cm³/mol. The predicted octanol–water partition coefficient (Wildman–Crippen LogP) is 2.80. The maximum Gasteiger partial charge on any atom is 0.200 e. The molecule has 5 nitrogen and oxygen atoms in total. The standard InChI is InChI=1S/C17H29N3O2S/c1-14-6-5-10-20(13-14)11-9-18-15-7-8-16(19-12-15)23(21,22)17(2,3)4/h7-8,12,14,18H,5-6,9-11,13H2,1-4H3.